The zero-order valence-corrected chi connectivity index (χ0v) is 20.4. The van der Waals surface area contributed by atoms with Crippen LogP contribution in [0.2, 0.25) is 0 Å². The van der Waals surface area contributed by atoms with Crippen molar-refractivity contribution in [2.45, 2.75) is 45.4 Å². The second kappa shape index (κ2) is 11.2. The number of carbonyl (C=O) groups is 1. The minimum Gasteiger partial charge on any atom is -0.481 e. The molecule has 1 fully saturated rings. The molecule has 2 aromatic carbocycles. The van der Waals surface area contributed by atoms with E-state index in [1.165, 1.54) is 14.2 Å². The summed E-state index contributed by atoms with van der Waals surface area (Å²) in [6, 6.07) is 15.9. The Morgan fingerprint density at radius 2 is 1.74 bits per heavy atom. The Morgan fingerprint density at radius 1 is 1.03 bits per heavy atom. The molecule has 0 aliphatic carbocycles. The fourth-order valence-corrected chi connectivity index (χ4v) is 4.54. The molecule has 0 bridgehead atoms. The summed E-state index contributed by atoms with van der Waals surface area (Å²) < 4.78 is 17.0. The van der Waals surface area contributed by atoms with Crippen molar-refractivity contribution in [2.75, 3.05) is 20.8 Å². The van der Waals surface area contributed by atoms with E-state index in [2.05, 4.69) is 35.1 Å². The van der Waals surface area contributed by atoms with Crippen molar-refractivity contribution < 1.29 is 24.1 Å². The van der Waals surface area contributed by atoms with E-state index in [1.807, 2.05) is 35.2 Å². The number of ether oxygens (including phenoxy) is 3. The molecule has 0 spiro atoms. The van der Waals surface area contributed by atoms with Gasteiger partial charge in [0.15, 0.2) is 0 Å². The highest BCUT2D eigenvalue weighted by molar-refractivity contribution is 5.73. The number of piperidine rings is 1. The fraction of sp³-hybridized carbons (Fsp3) is 0.370. The summed E-state index contributed by atoms with van der Waals surface area (Å²) in [7, 11) is 3.04. The van der Waals surface area contributed by atoms with Gasteiger partial charge in [-0.2, -0.15) is 9.97 Å². The summed E-state index contributed by atoms with van der Waals surface area (Å²) in [5.41, 5.74) is 5.05. The maximum Gasteiger partial charge on any atom is 0.323 e. The molecule has 3 aromatic rings. The van der Waals surface area contributed by atoms with Gasteiger partial charge in [-0.15, -0.1) is 0 Å². The molecule has 1 aliphatic heterocycles. The highest BCUT2D eigenvalue weighted by atomic mass is 16.5. The topological polar surface area (TPSA) is 94.0 Å². The SMILES string of the molecule is COc1nc(OCc2cccc(-c3ccccc3)c2C)nc(OC)c1CN1CCCCC1C(=O)O. The highest BCUT2D eigenvalue weighted by Gasteiger charge is 2.31. The predicted octanol–water partition coefficient (Wildman–Crippen LogP) is 4.49. The van der Waals surface area contributed by atoms with E-state index in [-0.39, 0.29) is 12.6 Å². The monoisotopic (exact) mass is 477 g/mol. The lowest BCUT2D eigenvalue weighted by Crippen LogP contribution is -2.44. The van der Waals surface area contributed by atoms with Gasteiger partial charge in [-0.25, -0.2) is 0 Å². The average molecular weight is 478 g/mol. The lowest BCUT2D eigenvalue weighted by Gasteiger charge is -2.33. The van der Waals surface area contributed by atoms with Crippen LogP contribution in [-0.2, 0) is 17.9 Å². The van der Waals surface area contributed by atoms with E-state index in [1.54, 1.807) is 0 Å². The number of likely N-dealkylation sites (tertiary alicyclic amines) is 1. The third-order valence-electron chi connectivity index (χ3n) is 6.44. The number of carboxylic acid groups (broad SMARTS) is 1. The van der Waals surface area contributed by atoms with Crippen LogP contribution < -0.4 is 14.2 Å². The van der Waals surface area contributed by atoms with Gasteiger partial charge in [-0.1, -0.05) is 55.0 Å². The number of carboxylic acids is 1. The third kappa shape index (κ3) is 5.54. The Labute approximate surface area is 205 Å². The minimum atomic E-state index is -0.823. The summed E-state index contributed by atoms with van der Waals surface area (Å²) >= 11 is 0. The van der Waals surface area contributed by atoms with Crippen molar-refractivity contribution in [3.05, 3.63) is 65.2 Å². The first-order valence-corrected chi connectivity index (χ1v) is 11.7. The average Bonchev–Trinajstić information content (AvgIpc) is 2.89. The maximum absolute atomic E-state index is 11.7. The zero-order valence-electron chi connectivity index (χ0n) is 20.4. The van der Waals surface area contributed by atoms with Crippen molar-refractivity contribution >= 4 is 5.97 Å². The Hall–Kier alpha value is -3.65. The lowest BCUT2D eigenvalue weighted by molar-refractivity contribution is -0.144. The molecule has 1 aromatic heterocycles. The van der Waals surface area contributed by atoms with Crippen molar-refractivity contribution in [3.8, 4) is 28.9 Å². The molecule has 4 rings (SSSR count). The first-order chi connectivity index (χ1) is 17.0. The van der Waals surface area contributed by atoms with Crippen molar-refractivity contribution in [2.24, 2.45) is 0 Å². The number of rotatable bonds is 9. The number of aromatic nitrogens is 2. The molecule has 8 heteroatoms. The third-order valence-corrected chi connectivity index (χ3v) is 6.44. The van der Waals surface area contributed by atoms with Crippen LogP contribution >= 0.6 is 0 Å². The van der Waals surface area contributed by atoms with Crippen LogP contribution in [0.4, 0.5) is 0 Å². The van der Waals surface area contributed by atoms with E-state index in [4.69, 9.17) is 14.2 Å². The number of benzene rings is 2. The molecule has 1 saturated heterocycles. The summed E-state index contributed by atoms with van der Waals surface area (Å²) in [6.45, 7) is 3.36. The molecular formula is C27H31N3O5. The van der Waals surface area contributed by atoms with E-state index in [9.17, 15) is 9.90 Å². The fourth-order valence-electron chi connectivity index (χ4n) is 4.54. The quantitative estimate of drug-likeness (QED) is 0.482. The van der Waals surface area contributed by atoms with Gasteiger partial charge in [0, 0.05) is 6.54 Å². The van der Waals surface area contributed by atoms with Crippen LogP contribution in [0.15, 0.2) is 48.5 Å². The van der Waals surface area contributed by atoms with E-state index >= 15 is 0 Å². The number of aliphatic carboxylic acids is 1. The molecule has 1 aliphatic rings. The van der Waals surface area contributed by atoms with Crippen LogP contribution in [0.25, 0.3) is 11.1 Å². The van der Waals surface area contributed by atoms with Crippen molar-refractivity contribution in [1.29, 1.82) is 0 Å². The summed E-state index contributed by atoms with van der Waals surface area (Å²) in [6.07, 6.45) is 2.46. The first kappa shape index (κ1) is 24.5. The van der Waals surface area contributed by atoms with Crippen LogP contribution in [0.5, 0.6) is 17.8 Å². The summed E-state index contributed by atoms with van der Waals surface area (Å²) in [4.78, 5) is 22.5. The second-order valence-electron chi connectivity index (χ2n) is 8.57. The second-order valence-corrected chi connectivity index (χ2v) is 8.57. The van der Waals surface area contributed by atoms with Crippen LogP contribution in [0.1, 0.15) is 36.0 Å². The number of hydrogen-bond acceptors (Lipinski definition) is 7. The van der Waals surface area contributed by atoms with E-state index in [0.717, 1.165) is 35.1 Å². The van der Waals surface area contributed by atoms with Crippen LogP contribution in [-0.4, -0.2) is 52.7 Å². The molecular weight excluding hydrogens is 446 g/mol. The first-order valence-electron chi connectivity index (χ1n) is 11.7. The number of methoxy groups -OCH3 is 2. The molecule has 8 nitrogen and oxygen atoms in total. The van der Waals surface area contributed by atoms with Crippen LogP contribution in [0, 0.1) is 6.92 Å². The molecule has 2 heterocycles. The largest absolute Gasteiger partial charge is 0.481 e. The highest BCUT2D eigenvalue weighted by Crippen LogP contribution is 2.32. The molecule has 0 radical (unpaired) electrons. The lowest BCUT2D eigenvalue weighted by atomic mass is 9.97. The Morgan fingerprint density at radius 3 is 2.40 bits per heavy atom. The Bertz CT molecular complexity index is 1140. The van der Waals surface area contributed by atoms with Gasteiger partial charge in [0.1, 0.15) is 12.6 Å². The van der Waals surface area contributed by atoms with Crippen molar-refractivity contribution in [1.82, 2.24) is 14.9 Å². The van der Waals surface area contributed by atoms with Gasteiger partial charge in [-0.05, 0) is 48.6 Å². The molecule has 0 amide bonds. The molecule has 1 unspecified atom stereocenters. The Kier molecular flexibility index (Phi) is 7.82. The van der Waals surface area contributed by atoms with Gasteiger partial charge in [0.2, 0.25) is 11.8 Å². The summed E-state index contributed by atoms with van der Waals surface area (Å²) in [5.74, 6) is -0.191. The van der Waals surface area contributed by atoms with Gasteiger partial charge < -0.3 is 19.3 Å². The van der Waals surface area contributed by atoms with Gasteiger partial charge in [-0.3, -0.25) is 9.69 Å². The maximum atomic E-state index is 11.7. The molecule has 1 N–H and O–H groups in total. The van der Waals surface area contributed by atoms with E-state index < -0.39 is 12.0 Å². The van der Waals surface area contributed by atoms with E-state index in [0.29, 0.717) is 36.8 Å². The van der Waals surface area contributed by atoms with Gasteiger partial charge >= 0.3 is 12.0 Å². The molecule has 1 atom stereocenters. The Balaban J connectivity index is 1.55. The number of hydrogen-bond donors (Lipinski definition) is 1. The number of nitrogens with zero attached hydrogens (tertiary/aromatic N) is 3. The van der Waals surface area contributed by atoms with Gasteiger partial charge in [0.05, 0.1) is 19.8 Å². The smallest absolute Gasteiger partial charge is 0.323 e. The zero-order chi connectivity index (χ0) is 24.8. The van der Waals surface area contributed by atoms with Crippen LogP contribution in [0.3, 0.4) is 0 Å². The molecule has 184 valence electrons. The predicted molar refractivity (Wildman–Crippen MR) is 132 cm³/mol. The standard InChI is InChI=1S/C27H31N3O5/c1-18-20(12-9-13-21(18)19-10-5-4-6-11-19)17-35-27-28-24(33-2)22(25(29-27)34-3)16-30-15-8-7-14-23(30)26(31)32/h4-6,9-13,23H,7-8,14-17H2,1-3H3,(H,31,32). The molecule has 35 heavy (non-hydrogen) atoms. The minimum absolute atomic E-state index is 0.139. The summed E-state index contributed by atoms with van der Waals surface area (Å²) in [5, 5.41) is 9.62. The normalized spacial score (nSPS) is 16.0. The molecule has 0 saturated carbocycles. The van der Waals surface area contributed by atoms with Gasteiger partial charge in [0.25, 0.3) is 0 Å². The van der Waals surface area contributed by atoms with Crippen molar-refractivity contribution in [3.63, 3.8) is 0 Å².